The molecule has 2 rings (SSSR count). The lowest BCUT2D eigenvalue weighted by Gasteiger charge is -2.10. The molecule has 0 aliphatic carbocycles. The van der Waals surface area contributed by atoms with Gasteiger partial charge < -0.3 is 14.2 Å². The lowest BCUT2D eigenvalue weighted by molar-refractivity contribution is -0.121. The zero-order valence-corrected chi connectivity index (χ0v) is 8.27. The van der Waals surface area contributed by atoms with E-state index in [1.165, 1.54) is 0 Å². The summed E-state index contributed by atoms with van der Waals surface area (Å²) in [5.41, 5.74) is 1.63. The van der Waals surface area contributed by atoms with Gasteiger partial charge in [0, 0.05) is 18.2 Å². The Balaban J connectivity index is 2.37. The third-order valence-corrected chi connectivity index (χ3v) is 2.26. The van der Waals surface area contributed by atoms with Crippen molar-refractivity contribution in [1.29, 1.82) is 0 Å². The van der Waals surface area contributed by atoms with E-state index in [1.54, 1.807) is 44.2 Å². The number of likely N-dealkylation sites (N-methyl/N-ethyl adjacent to an activating group) is 1. The fraction of sp³-hybridized carbons (Fsp3) is 0.182. The summed E-state index contributed by atoms with van der Waals surface area (Å²) in [6.07, 6.45) is 6.22. The SMILES string of the molecule is CNC(=O)C(c1ccoc1)c1ccoc1. The van der Waals surface area contributed by atoms with Gasteiger partial charge in [0.15, 0.2) is 0 Å². The Bertz CT molecular complexity index is 382. The maximum Gasteiger partial charge on any atom is 0.231 e. The molecule has 0 saturated carbocycles. The molecule has 78 valence electrons. The van der Waals surface area contributed by atoms with Crippen molar-refractivity contribution < 1.29 is 13.6 Å². The van der Waals surface area contributed by atoms with Gasteiger partial charge >= 0.3 is 0 Å². The Hall–Kier alpha value is -1.97. The van der Waals surface area contributed by atoms with Crippen molar-refractivity contribution in [3.63, 3.8) is 0 Å². The molecule has 15 heavy (non-hydrogen) atoms. The average Bonchev–Trinajstić information content (AvgIpc) is 2.90. The minimum absolute atomic E-state index is 0.0854. The minimum Gasteiger partial charge on any atom is -0.472 e. The molecule has 0 spiro atoms. The van der Waals surface area contributed by atoms with E-state index in [0.29, 0.717) is 0 Å². The van der Waals surface area contributed by atoms with Crippen LogP contribution in [0.15, 0.2) is 46.0 Å². The van der Waals surface area contributed by atoms with Gasteiger partial charge in [-0.1, -0.05) is 0 Å². The highest BCUT2D eigenvalue weighted by atomic mass is 16.3. The van der Waals surface area contributed by atoms with Crippen LogP contribution in [-0.2, 0) is 4.79 Å². The van der Waals surface area contributed by atoms with Crippen LogP contribution in [0.2, 0.25) is 0 Å². The van der Waals surface area contributed by atoms with Gasteiger partial charge in [-0.25, -0.2) is 0 Å². The number of carbonyl (C=O) groups excluding carboxylic acids is 1. The Morgan fingerprint density at radius 3 is 2.07 bits per heavy atom. The molecule has 4 nitrogen and oxygen atoms in total. The van der Waals surface area contributed by atoms with Gasteiger partial charge in [0.25, 0.3) is 0 Å². The number of amides is 1. The van der Waals surface area contributed by atoms with Crippen molar-refractivity contribution in [2.24, 2.45) is 0 Å². The molecule has 0 aromatic carbocycles. The fourth-order valence-corrected chi connectivity index (χ4v) is 1.52. The Labute approximate surface area is 86.9 Å². The summed E-state index contributed by atoms with van der Waals surface area (Å²) < 4.78 is 9.96. The second kappa shape index (κ2) is 4.04. The van der Waals surface area contributed by atoms with Crippen LogP contribution in [0.5, 0.6) is 0 Å². The van der Waals surface area contributed by atoms with E-state index in [-0.39, 0.29) is 11.8 Å². The predicted octanol–water partition coefficient (Wildman–Crippen LogP) is 1.75. The monoisotopic (exact) mass is 205 g/mol. The van der Waals surface area contributed by atoms with E-state index in [0.717, 1.165) is 11.1 Å². The summed E-state index contributed by atoms with van der Waals surface area (Å²) in [5.74, 6) is -0.453. The zero-order chi connectivity index (χ0) is 10.7. The first-order valence-corrected chi connectivity index (χ1v) is 4.58. The molecular formula is C11H11NO3. The summed E-state index contributed by atoms with van der Waals surface area (Å²) >= 11 is 0. The van der Waals surface area contributed by atoms with Crippen molar-refractivity contribution >= 4 is 5.91 Å². The quantitative estimate of drug-likeness (QED) is 0.830. The van der Waals surface area contributed by atoms with Crippen molar-refractivity contribution in [2.75, 3.05) is 7.05 Å². The number of furan rings is 2. The van der Waals surface area contributed by atoms with E-state index in [9.17, 15) is 4.79 Å². The Kier molecular flexibility index (Phi) is 2.58. The summed E-state index contributed by atoms with van der Waals surface area (Å²) in [7, 11) is 1.61. The van der Waals surface area contributed by atoms with Crippen LogP contribution < -0.4 is 5.32 Å². The molecule has 0 atom stereocenters. The van der Waals surface area contributed by atoms with E-state index in [4.69, 9.17) is 8.83 Å². The van der Waals surface area contributed by atoms with Crippen LogP contribution >= 0.6 is 0 Å². The van der Waals surface area contributed by atoms with Gasteiger partial charge in [-0.05, 0) is 12.1 Å². The molecule has 2 heterocycles. The first-order chi connectivity index (χ1) is 7.33. The summed E-state index contributed by atoms with van der Waals surface area (Å²) in [6, 6.07) is 3.54. The third kappa shape index (κ3) is 1.79. The number of carbonyl (C=O) groups is 1. The highest BCUT2D eigenvalue weighted by Crippen LogP contribution is 2.25. The Morgan fingerprint density at radius 1 is 1.20 bits per heavy atom. The topological polar surface area (TPSA) is 55.4 Å². The molecule has 0 fully saturated rings. The van der Waals surface area contributed by atoms with Crippen LogP contribution in [-0.4, -0.2) is 13.0 Å². The van der Waals surface area contributed by atoms with Gasteiger partial charge in [0.1, 0.15) is 0 Å². The van der Waals surface area contributed by atoms with Gasteiger partial charge in [0.2, 0.25) is 5.91 Å². The van der Waals surface area contributed by atoms with E-state index < -0.39 is 0 Å². The molecule has 4 heteroatoms. The molecule has 0 radical (unpaired) electrons. The van der Waals surface area contributed by atoms with Gasteiger partial charge in [-0.3, -0.25) is 4.79 Å². The summed E-state index contributed by atoms with van der Waals surface area (Å²) in [5, 5.41) is 2.62. The van der Waals surface area contributed by atoms with Crippen molar-refractivity contribution in [3.8, 4) is 0 Å². The molecule has 1 N–H and O–H groups in total. The van der Waals surface area contributed by atoms with Crippen LogP contribution in [0.3, 0.4) is 0 Å². The molecule has 0 aliphatic heterocycles. The van der Waals surface area contributed by atoms with Gasteiger partial charge in [0.05, 0.1) is 31.0 Å². The number of rotatable bonds is 3. The van der Waals surface area contributed by atoms with Crippen LogP contribution in [0.25, 0.3) is 0 Å². The van der Waals surface area contributed by atoms with Crippen LogP contribution in [0.4, 0.5) is 0 Å². The zero-order valence-electron chi connectivity index (χ0n) is 8.27. The van der Waals surface area contributed by atoms with E-state index in [2.05, 4.69) is 5.32 Å². The van der Waals surface area contributed by atoms with E-state index >= 15 is 0 Å². The molecule has 2 aromatic heterocycles. The third-order valence-electron chi connectivity index (χ3n) is 2.26. The normalized spacial score (nSPS) is 10.5. The predicted molar refractivity (Wildman–Crippen MR) is 53.3 cm³/mol. The van der Waals surface area contributed by atoms with Crippen molar-refractivity contribution in [1.82, 2.24) is 5.32 Å². The van der Waals surface area contributed by atoms with E-state index in [1.807, 2.05) is 0 Å². The van der Waals surface area contributed by atoms with Gasteiger partial charge in [-0.2, -0.15) is 0 Å². The first kappa shape index (κ1) is 9.58. The van der Waals surface area contributed by atoms with Crippen LogP contribution in [0, 0.1) is 0 Å². The molecule has 1 amide bonds. The van der Waals surface area contributed by atoms with Crippen molar-refractivity contribution in [2.45, 2.75) is 5.92 Å². The molecule has 0 aliphatic rings. The van der Waals surface area contributed by atoms with Crippen molar-refractivity contribution in [3.05, 3.63) is 48.3 Å². The largest absolute Gasteiger partial charge is 0.472 e. The standard InChI is InChI=1S/C11H11NO3/c1-12-11(13)10(8-2-4-14-6-8)9-3-5-15-7-9/h2-7,10H,1H3,(H,12,13). The summed E-state index contributed by atoms with van der Waals surface area (Å²) in [4.78, 5) is 11.7. The number of nitrogens with one attached hydrogen (secondary N) is 1. The lowest BCUT2D eigenvalue weighted by atomic mass is 9.95. The maximum atomic E-state index is 11.7. The fourth-order valence-electron chi connectivity index (χ4n) is 1.52. The highest BCUT2D eigenvalue weighted by molar-refractivity contribution is 5.86. The molecular weight excluding hydrogens is 194 g/mol. The smallest absolute Gasteiger partial charge is 0.231 e. The minimum atomic E-state index is -0.368. The highest BCUT2D eigenvalue weighted by Gasteiger charge is 2.23. The maximum absolute atomic E-state index is 11.7. The molecule has 0 bridgehead atoms. The average molecular weight is 205 g/mol. The Morgan fingerprint density at radius 2 is 1.73 bits per heavy atom. The second-order valence-corrected chi connectivity index (χ2v) is 3.16. The summed E-state index contributed by atoms with van der Waals surface area (Å²) in [6.45, 7) is 0. The lowest BCUT2D eigenvalue weighted by Crippen LogP contribution is -2.25. The molecule has 0 saturated heterocycles. The number of hydrogen-bond acceptors (Lipinski definition) is 3. The van der Waals surface area contributed by atoms with Crippen LogP contribution in [0.1, 0.15) is 17.0 Å². The van der Waals surface area contributed by atoms with Gasteiger partial charge in [-0.15, -0.1) is 0 Å². The second-order valence-electron chi connectivity index (χ2n) is 3.16. The first-order valence-electron chi connectivity index (χ1n) is 4.58. The number of hydrogen-bond donors (Lipinski definition) is 1. The molecule has 0 unspecified atom stereocenters. The molecule has 2 aromatic rings.